The number of aryl methyl sites for hydroxylation is 2. The summed E-state index contributed by atoms with van der Waals surface area (Å²) in [6, 6.07) is 9.95. The topological polar surface area (TPSA) is 157 Å². The van der Waals surface area contributed by atoms with Crippen LogP contribution in [0.3, 0.4) is 0 Å². The first-order valence-corrected chi connectivity index (χ1v) is 17.3. The number of carbonyl (C=O) groups is 4. The van der Waals surface area contributed by atoms with Crippen LogP contribution in [0.1, 0.15) is 123 Å². The van der Waals surface area contributed by atoms with Crippen LogP contribution in [0, 0.1) is 0 Å². The summed E-state index contributed by atoms with van der Waals surface area (Å²) in [4.78, 5) is 49.9. The summed E-state index contributed by atoms with van der Waals surface area (Å²) in [5.41, 5.74) is 11.4. The fraction of sp³-hybridized carbons (Fsp3) is 0.529. The second kappa shape index (κ2) is 21.9. The second-order valence-electron chi connectivity index (χ2n) is 11.1. The van der Waals surface area contributed by atoms with Crippen molar-refractivity contribution in [2.75, 3.05) is 11.5 Å². The van der Waals surface area contributed by atoms with Crippen LogP contribution in [0.4, 0.5) is 0 Å². The van der Waals surface area contributed by atoms with Gasteiger partial charge < -0.3 is 10.2 Å². The first kappa shape index (κ1) is 37.5. The molecule has 0 aliphatic carbocycles. The van der Waals surface area contributed by atoms with Gasteiger partial charge in [-0.1, -0.05) is 89.5 Å². The maximum Gasteiger partial charge on any atom is 0.273 e. The van der Waals surface area contributed by atoms with Crippen LogP contribution in [0.25, 0.3) is 0 Å². The lowest BCUT2D eigenvalue weighted by Gasteiger charge is -2.13. The molecule has 0 aliphatic rings. The van der Waals surface area contributed by atoms with Crippen molar-refractivity contribution in [3.8, 4) is 11.5 Å². The molecule has 2 aromatic carbocycles. The summed E-state index contributed by atoms with van der Waals surface area (Å²) >= 11 is 1.38. The Hall–Kier alpha value is -3.73. The van der Waals surface area contributed by atoms with Gasteiger partial charge >= 0.3 is 0 Å². The Morgan fingerprint density at radius 3 is 1.38 bits per heavy atom. The monoisotopic (exact) mass is 642 g/mol. The molecule has 2 rings (SSSR count). The van der Waals surface area contributed by atoms with Crippen molar-refractivity contribution in [3.05, 3.63) is 58.7 Å². The number of hydrogen-bond donors (Lipinski definition) is 6. The first-order chi connectivity index (χ1) is 21.8. The Morgan fingerprint density at radius 2 is 0.978 bits per heavy atom. The molecular formula is C34H50N4O6S. The number of hydrazine groups is 2. The molecule has 0 radical (unpaired) electrons. The number of benzene rings is 2. The minimum atomic E-state index is -0.570. The van der Waals surface area contributed by atoms with Gasteiger partial charge in [0.1, 0.15) is 11.5 Å². The highest BCUT2D eigenvalue weighted by molar-refractivity contribution is 7.99. The van der Waals surface area contributed by atoms with Crippen molar-refractivity contribution in [2.45, 2.75) is 104 Å². The lowest BCUT2D eigenvalue weighted by Crippen LogP contribution is -2.42. The molecule has 2 aromatic rings. The molecule has 0 bridgehead atoms. The van der Waals surface area contributed by atoms with Gasteiger partial charge in [0, 0.05) is 24.3 Å². The smallest absolute Gasteiger partial charge is 0.273 e. The van der Waals surface area contributed by atoms with Gasteiger partial charge in [-0.05, 0) is 48.9 Å². The Labute approximate surface area is 271 Å². The number of carbonyl (C=O) groups excluding carboxylic acids is 4. The van der Waals surface area contributed by atoms with E-state index in [4.69, 9.17) is 0 Å². The molecule has 4 amide bonds. The van der Waals surface area contributed by atoms with Crippen molar-refractivity contribution in [3.63, 3.8) is 0 Å². The van der Waals surface area contributed by atoms with Gasteiger partial charge in [0.25, 0.3) is 11.8 Å². The van der Waals surface area contributed by atoms with E-state index < -0.39 is 23.6 Å². The van der Waals surface area contributed by atoms with E-state index in [0.29, 0.717) is 24.3 Å². The number of phenolic OH excluding ortho intramolecular Hbond substituents is 2. The SMILES string of the molecule is CCCCCCCc1cccc(O)c1C(=O)NNC(=O)CCSCCC(=O)NNC(=O)c1c(O)cccc1CCCCCCC. The molecule has 0 heterocycles. The summed E-state index contributed by atoms with van der Waals surface area (Å²) in [6.07, 6.45) is 12.4. The largest absolute Gasteiger partial charge is 0.507 e. The van der Waals surface area contributed by atoms with E-state index in [9.17, 15) is 29.4 Å². The molecular weight excluding hydrogens is 592 g/mol. The fourth-order valence-electron chi connectivity index (χ4n) is 4.89. The van der Waals surface area contributed by atoms with E-state index in [-0.39, 0.29) is 35.5 Å². The van der Waals surface area contributed by atoms with E-state index in [1.807, 2.05) is 12.1 Å². The molecule has 45 heavy (non-hydrogen) atoms. The van der Waals surface area contributed by atoms with Crippen molar-refractivity contribution in [2.24, 2.45) is 0 Å². The third-order valence-electron chi connectivity index (χ3n) is 7.39. The summed E-state index contributed by atoms with van der Waals surface area (Å²) in [7, 11) is 0. The van der Waals surface area contributed by atoms with Gasteiger partial charge in [0.05, 0.1) is 11.1 Å². The normalized spacial score (nSPS) is 10.7. The quantitative estimate of drug-likeness (QED) is 0.0780. The Bertz CT molecular complexity index is 1150. The van der Waals surface area contributed by atoms with Crippen LogP contribution in [0.5, 0.6) is 11.5 Å². The van der Waals surface area contributed by atoms with Crippen LogP contribution >= 0.6 is 11.8 Å². The number of thioether (sulfide) groups is 1. The predicted molar refractivity (Wildman–Crippen MR) is 179 cm³/mol. The Kier molecular flexibility index (Phi) is 18.2. The van der Waals surface area contributed by atoms with Crippen LogP contribution in [-0.4, -0.2) is 45.3 Å². The molecule has 0 fully saturated rings. The van der Waals surface area contributed by atoms with Gasteiger partial charge in [-0.15, -0.1) is 0 Å². The zero-order valence-electron chi connectivity index (χ0n) is 26.7. The molecule has 0 unspecified atom stereocenters. The molecule has 248 valence electrons. The van der Waals surface area contributed by atoms with Crippen molar-refractivity contribution >= 4 is 35.4 Å². The summed E-state index contributed by atoms with van der Waals surface area (Å²) < 4.78 is 0. The first-order valence-electron chi connectivity index (χ1n) is 16.2. The Morgan fingerprint density at radius 1 is 0.578 bits per heavy atom. The molecule has 10 nitrogen and oxygen atoms in total. The van der Waals surface area contributed by atoms with E-state index in [1.165, 1.54) is 36.7 Å². The number of rotatable bonds is 20. The maximum atomic E-state index is 12.7. The lowest BCUT2D eigenvalue weighted by atomic mass is 9.99. The van der Waals surface area contributed by atoms with Crippen LogP contribution in [0.15, 0.2) is 36.4 Å². The molecule has 0 aromatic heterocycles. The van der Waals surface area contributed by atoms with Crippen molar-refractivity contribution in [1.82, 2.24) is 21.7 Å². The number of amides is 4. The lowest BCUT2D eigenvalue weighted by molar-refractivity contribution is -0.122. The highest BCUT2D eigenvalue weighted by atomic mass is 32.2. The standard InChI is InChI=1S/C34H50N4O6S/c1-3-5-7-9-11-15-25-17-13-19-27(39)31(25)33(43)37-35-29(41)21-23-45-24-22-30(42)36-38-34(44)32-26(18-14-20-28(32)40)16-12-10-8-6-4-2/h13-14,17-20,39-40H,3-12,15-16,21-24H2,1-2H3,(H,35,41)(H,36,42)(H,37,43)(H,38,44). The average molecular weight is 643 g/mol. The second-order valence-corrected chi connectivity index (χ2v) is 12.3. The summed E-state index contributed by atoms with van der Waals surface area (Å²) in [5.74, 6) is -1.35. The summed E-state index contributed by atoms with van der Waals surface area (Å²) in [6.45, 7) is 4.30. The van der Waals surface area contributed by atoms with Gasteiger partial charge in [-0.25, -0.2) is 0 Å². The molecule has 0 spiro atoms. The minimum Gasteiger partial charge on any atom is -0.507 e. The zero-order valence-corrected chi connectivity index (χ0v) is 27.5. The summed E-state index contributed by atoms with van der Waals surface area (Å²) in [5, 5.41) is 20.5. The third kappa shape index (κ3) is 14.3. The Balaban J connectivity index is 1.67. The highest BCUT2D eigenvalue weighted by Crippen LogP contribution is 2.24. The molecule has 6 N–H and O–H groups in total. The fourth-order valence-corrected chi connectivity index (χ4v) is 5.75. The van der Waals surface area contributed by atoms with E-state index in [1.54, 1.807) is 12.1 Å². The minimum absolute atomic E-state index is 0.114. The predicted octanol–water partition coefficient (Wildman–Crippen LogP) is 5.86. The molecule has 0 aliphatic heterocycles. The van der Waals surface area contributed by atoms with Gasteiger partial charge in [-0.2, -0.15) is 11.8 Å². The van der Waals surface area contributed by atoms with Crippen LogP contribution < -0.4 is 21.7 Å². The number of aromatic hydroxyl groups is 2. The van der Waals surface area contributed by atoms with Crippen molar-refractivity contribution < 1.29 is 29.4 Å². The number of unbranched alkanes of at least 4 members (excludes halogenated alkanes) is 8. The average Bonchev–Trinajstić information content (AvgIpc) is 3.02. The highest BCUT2D eigenvalue weighted by Gasteiger charge is 2.18. The van der Waals surface area contributed by atoms with Crippen molar-refractivity contribution in [1.29, 1.82) is 0 Å². The van der Waals surface area contributed by atoms with E-state index in [2.05, 4.69) is 35.6 Å². The maximum absolute atomic E-state index is 12.7. The number of nitrogens with one attached hydrogen (secondary N) is 4. The molecule has 0 saturated carbocycles. The van der Waals surface area contributed by atoms with E-state index >= 15 is 0 Å². The number of phenols is 2. The molecule has 0 saturated heterocycles. The third-order valence-corrected chi connectivity index (χ3v) is 8.37. The zero-order chi connectivity index (χ0) is 32.9. The van der Waals surface area contributed by atoms with Crippen LogP contribution in [-0.2, 0) is 22.4 Å². The van der Waals surface area contributed by atoms with Crippen LogP contribution in [0.2, 0.25) is 0 Å². The molecule has 11 heteroatoms. The number of hydrogen-bond acceptors (Lipinski definition) is 7. The molecule has 0 atom stereocenters. The van der Waals surface area contributed by atoms with E-state index in [0.717, 1.165) is 62.5 Å². The van der Waals surface area contributed by atoms with Gasteiger partial charge in [0.15, 0.2) is 0 Å². The van der Waals surface area contributed by atoms with Gasteiger partial charge in [-0.3, -0.25) is 40.9 Å². The van der Waals surface area contributed by atoms with Gasteiger partial charge in [0.2, 0.25) is 11.8 Å².